The van der Waals surface area contributed by atoms with E-state index in [1.54, 1.807) is 0 Å². The number of halogens is 1. The van der Waals surface area contributed by atoms with Gasteiger partial charge in [-0.15, -0.1) is 0 Å². The quantitative estimate of drug-likeness (QED) is 0.0482. The summed E-state index contributed by atoms with van der Waals surface area (Å²) in [5.74, 6) is 2.81. The van der Waals surface area contributed by atoms with Crippen molar-refractivity contribution < 1.29 is 9.59 Å². The number of aromatic nitrogens is 11. The fourth-order valence-electron chi connectivity index (χ4n) is 23.0. The van der Waals surface area contributed by atoms with E-state index in [2.05, 4.69) is 317 Å². The molecule has 700 valence electrons. The van der Waals surface area contributed by atoms with E-state index < -0.39 is 0 Å². The van der Waals surface area contributed by atoms with Gasteiger partial charge in [-0.25, -0.2) is 15.0 Å². The van der Waals surface area contributed by atoms with E-state index in [-0.39, 0.29) is 37.0 Å². The van der Waals surface area contributed by atoms with Gasteiger partial charge in [0.15, 0.2) is 0 Å². The maximum atomic E-state index is 11.9. The standard InChI is InChI=1S/C26H21N5O.C25H19N5O.C25H21N3.C24H19N3.C23H14BrN3/c1-14-23(19-8-4-5-9-21(19)28-14)26-30-24-18-7-3-2-6-16(18)17-11-10-15(29-22(32)13-27)12-20(17)25(24)31-26;26-12-22(31)28-14-9-10-16-15-5-1-2-7-18(15)23-24(19(16)11-14)30-25(29-23)20-13-27-21-8-4-3-6-17(20)21;1-14-24(19-8-4-5-9-22(19)27-14)23-13-21-17-11-10-15(26)12-20(17)16-6-2-3-7-18(16)25(21)28-23;25-14-9-10-16-19(11-14)15-5-1-2-7-18(15)24-20(16)12-23(27-24)21-13-26-22-8-4-3-6-17(21)22;24-13-9-10-15-14-5-1-2-7-17(14)21-22(18(15)11-13)27-23(26-21)19-12-25-20-8-4-3-6-16(19)20/h2-12,28H,13,27H2,1H3,(H,29,32)(H,30,31);1-11,13,27H,12,26H2,(H,28,31)(H,29,30);2-12,21,25,27H,13,26H2,1H3;1-11,13,20,24,26H,12,25H2;1-12,25H,(H,26,27). The highest BCUT2D eigenvalue weighted by molar-refractivity contribution is 9.10. The molecule has 0 spiro atoms. The lowest BCUT2D eigenvalue weighted by Gasteiger charge is -2.29. The van der Waals surface area contributed by atoms with Crippen LogP contribution in [0.15, 0.2) is 367 Å². The maximum absolute atomic E-state index is 11.9. The van der Waals surface area contributed by atoms with Gasteiger partial charge in [0.2, 0.25) is 11.8 Å². The van der Waals surface area contributed by atoms with Crippen molar-refractivity contribution in [2.24, 2.45) is 21.5 Å². The molecule has 2 aliphatic heterocycles. The van der Waals surface area contributed by atoms with Crippen LogP contribution in [0.3, 0.4) is 0 Å². The van der Waals surface area contributed by atoms with E-state index in [0.29, 0.717) is 23.2 Å². The Labute approximate surface area is 837 Å². The Kier molecular flexibility index (Phi) is 21.2. The molecule has 4 unspecified atom stereocenters. The van der Waals surface area contributed by atoms with Crippen molar-refractivity contribution >= 4 is 214 Å². The summed E-state index contributed by atoms with van der Waals surface area (Å²) in [4.78, 5) is 77.1. The number of rotatable bonds is 9. The molecule has 0 bridgehead atoms. The number of aromatic amines is 8. The average molecular weight is 1950 g/mol. The molecular formula is C123H94BrN19O2. The zero-order chi connectivity index (χ0) is 97.5. The van der Waals surface area contributed by atoms with E-state index in [1.807, 2.05) is 116 Å². The number of amides is 2. The number of nitrogen functional groups attached to an aromatic ring is 2. The first-order valence-electron chi connectivity index (χ1n) is 48.8. The molecule has 4 aliphatic rings. The summed E-state index contributed by atoms with van der Waals surface area (Å²) < 4.78 is 1.06. The Morgan fingerprint density at radius 3 is 1.12 bits per heavy atom. The molecule has 2 aliphatic carbocycles. The summed E-state index contributed by atoms with van der Waals surface area (Å²) in [5.41, 5.74) is 58.5. The molecule has 18 aromatic carbocycles. The average Bonchev–Trinajstić information content (AvgIpc) is 1.67. The van der Waals surface area contributed by atoms with Crippen molar-refractivity contribution in [3.05, 3.63) is 401 Å². The number of benzene rings is 18. The number of imidazole rings is 3. The summed E-state index contributed by atoms with van der Waals surface area (Å²) in [5, 5.41) is 25.1. The number of anilines is 4. The van der Waals surface area contributed by atoms with E-state index in [0.717, 1.165) is 177 Å². The molecule has 10 heterocycles. The second-order valence-electron chi connectivity index (χ2n) is 37.9. The number of fused-ring (bicyclic) bond motifs is 35. The highest BCUT2D eigenvalue weighted by Gasteiger charge is 2.42. The fraction of sp³-hybridized carbons (Fsp3) is 0.0813. The van der Waals surface area contributed by atoms with Crippen molar-refractivity contribution in [3.8, 4) is 56.4 Å². The molecule has 145 heavy (non-hydrogen) atoms. The van der Waals surface area contributed by atoms with Gasteiger partial charge in [-0.1, -0.05) is 259 Å². The second kappa shape index (κ2) is 35.3. The molecule has 4 atom stereocenters. The molecular weight excluding hydrogens is 1860 g/mol. The number of hydrogen-bond donors (Lipinski definition) is 14. The molecule has 21 nitrogen and oxygen atoms in total. The largest absolute Gasteiger partial charge is 0.399 e. The van der Waals surface area contributed by atoms with E-state index in [4.69, 9.17) is 47.9 Å². The minimum absolute atomic E-state index is 0.0573. The van der Waals surface area contributed by atoms with Crippen LogP contribution in [0.25, 0.3) is 209 Å². The molecule has 18 N–H and O–H groups in total. The molecule has 8 aromatic heterocycles. The highest BCUT2D eigenvalue weighted by Crippen LogP contribution is 2.56. The first kappa shape index (κ1) is 87.2. The van der Waals surface area contributed by atoms with Gasteiger partial charge in [-0.05, 0) is 195 Å². The summed E-state index contributed by atoms with van der Waals surface area (Å²) in [6, 6.07) is 115. The van der Waals surface area contributed by atoms with Gasteiger partial charge >= 0.3 is 0 Å². The molecule has 22 heteroatoms. The normalized spacial score (nSPS) is 14.8. The Hall–Kier alpha value is -18.1. The van der Waals surface area contributed by atoms with E-state index in [9.17, 15) is 9.59 Å². The molecule has 0 fully saturated rings. The fourth-order valence-corrected chi connectivity index (χ4v) is 23.4. The van der Waals surface area contributed by atoms with Crippen LogP contribution in [0.5, 0.6) is 0 Å². The number of H-pyrrole nitrogens is 8. The van der Waals surface area contributed by atoms with Crippen LogP contribution >= 0.6 is 15.9 Å². The Morgan fingerprint density at radius 1 is 0.310 bits per heavy atom. The lowest BCUT2D eigenvalue weighted by Crippen LogP contribution is -2.21. The van der Waals surface area contributed by atoms with E-state index in [1.165, 1.54) is 116 Å². The third-order valence-electron chi connectivity index (χ3n) is 29.5. The number of nitrogens with one attached hydrogen (secondary N) is 10. The van der Waals surface area contributed by atoms with E-state index >= 15 is 0 Å². The Balaban J connectivity index is 0.0000000924. The predicted octanol–water partition coefficient (Wildman–Crippen LogP) is 28.1. The molecule has 2 amide bonds. The first-order chi connectivity index (χ1) is 71.1. The minimum atomic E-state index is -0.224. The van der Waals surface area contributed by atoms with Crippen LogP contribution in [0, 0.1) is 13.8 Å². The second-order valence-corrected chi connectivity index (χ2v) is 38.8. The van der Waals surface area contributed by atoms with Gasteiger partial charge in [0.1, 0.15) is 17.5 Å². The van der Waals surface area contributed by atoms with Gasteiger partial charge < -0.3 is 73.4 Å². The smallest absolute Gasteiger partial charge is 0.238 e. The molecule has 26 aromatic rings. The summed E-state index contributed by atoms with van der Waals surface area (Å²) in [6.45, 7) is 4.11. The zero-order valence-electron chi connectivity index (χ0n) is 78.9. The molecule has 0 saturated heterocycles. The Morgan fingerprint density at radius 2 is 0.655 bits per heavy atom. The molecule has 0 saturated carbocycles. The topological polar surface area (TPSA) is 352 Å². The van der Waals surface area contributed by atoms with Crippen molar-refractivity contribution in [3.63, 3.8) is 0 Å². The van der Waals surface area contributed by atoms with Crippen molar-refractivity contribution in [1.29, 1.82) is 0 Å². The number of nitrogens with zero attached hydrogens (tertiary/aromatic N) is 5. The zero-order valence-corrected chi connectivity index (χ0v) is 80.5. The number of carbonyl (C=O) groups is 2. The molecule has 0 radical (unpaired) electrons. The van der Waals surface area contributed by atoms with Crippen LogP contribution in [0.2, 0.25) is 0 Å². The van der Waals surface area contributed by atoms with Crippen molar-refractivity contribution in [2.75, 3.05) is 35.2 Å². The number of aliphatic imine (C=N–C) groups is 2. The predicted molar refractivity (Wildman–Crippen MR) is 600 cm³/mol. The van der Waals surface area contributed by atoms with Crippen molar-refractivity contribution in [2.45, 2.75) is 50.6 Å². The van der Waals surface area contributed by atoms with Crippen molar-refractivity contribution in [1.82, 2.24) is 54.8 Å². The van der Waals surface area contributed by atoms with Gasteiger partial charge in [-0.3, -0.25) is 19.6 Å². The summed E-state index contributed by atoms with van der Waals surface area (Å²) >= 11 is 3.62. The maximum Gasteiger partial charge on any atom is 0.238 e. The van der Waals surface area contributed by atoms with Crippen LogP contribution in [-0.2, 0) is 9.59 Å². The first-order valence-corrected chi connectivity index (χ1v) is 49.6. The SMILES string of the molecule is Brc1ccc2c3ccccc3c3[nH]c(-c4c[nH]c5ccccc45)nc3c2c1.Cc1[nH]c2ccccc2c1-c1nc2c3cc(NC(=O)CN)ccc3c3ccccc3c2[nH]1.Cc1[nH]c2ccccc2c1C1=NC2c3ccccc3-c3cc(N)ccc3C2C1.NCC(=O)Nc1ccc2c3ccccc3c3[nH]c(-c4c[nH]c5ccccc45)nc3c2c1.Nc1ccc2c(c1)-c1ccccc1C1N=C(c3c[nH]c4ccccc34)CC21. The Bertz CT molecular complexity index is 9900. The lowest BCUT2D eigenvalue weighted by atomic mass is 9.75. The third-order valence-corrected chi connectivity index (χ3v) is 30.0. The summed E-state index contributed by atoms with van der Waals surface area (Å²) in [6.07, 6.45) is 8.04. The number of para-hydroxylation sites is 5. The van der Waals surface area contributed by atoms with Gasteiger partial charge in [0, 0.05) is 195 Å². The third kappa shape index (κ3) is 14.9. The number of aryl methyl sites for hydroxylation is 2. The number of nitrogens with two attached hydrogens (primary N) is 4. The monoisotopic (exact) mass is 1950 g/mol. The van der Waals surface area contributed by atoms with Gasteiger partial charge in [0.25, 0.3) is 0 Å². The van der Waals surface area contributed by atoms with Gasteiger partial charge in [-0.2, -0.15) is 0 Å². The van der Waals surface area contributed by atoms with Crippen LogP contribution in [-0.4, -0.2) is 91.2 Å². The van der Waals surface area contributed by atoms with Gasteiger partial charge in [0.05, 0.1) is 58.3 Å². The highest BCUT2D eigenvalue weighted by atomic mass is 79.9. The van der Waals surface area contributed by atoms with Crippen LogP contribution < -0.4 is 33.6 Å². The molecule has 30 rings (SSSR count). The van der Waals surface area contributed by atoms with Crippen LogP contribution in [0.4, 0.5) is 22.7 Å². The minimum Gasteiger partial charge on any atom is -0.399 e. The number of hydrogen-bond acceptors (Lipinski definition) is 11. The summed E-state index contributed by atoms with van der Waals surface area (Å²) in [7, 11) is 0. The lowest BCUT2D eigenvalue weighted by molar-refractivity contribution is -0.115. The van der Waals surface area contributed by atoms with Crippen LogP contribution in [0.1, 0.15) is 81.5 Å². The number of carbonyl (C=O) groups excluding carboxylic acids is 2.